The van der Waals surface area contributed by atoms with E-state index in [2.05, 4.69) is 0 Å². The first kappa shape index (κ1) is 37.2. The average Bonchev–Trinajstić information content (AvgIpc) is 3.44. The Kier molecular flexibility index (Phi) is 11.4. The van der Waals surface area contributed by atoms with Crippen molar-refractivity contribution in [2.75, 3.05) is 34.0 Å². The minimum absolute atomic E-state index is 0.0411. The quantitative estimate of drug-likeness (QED) is 0.132. The van der Waals surface area contributed by atoms with E-state index in [0.717, 1.165) is 5.56 Å². The van der Waals surface area contributed by atoms with Crippen molar-refractivity contribution in [3.8, 4) is 23.0 Å². The Morgan fingerprint density at radius 3 is 2.40 bits per heavy atom. The molecule has 3 aromatic carbocycles. The zero-order chi connectivity index (χ0) is 37.0. The highest BCUT2D eigenvalue weighted by Gasteiger charge is 2.54. The lowest BCUT2D eigenvalue weighted by molar-refractivity contribution is -0.318. The van der Waals surface area contributed by atoms with Crippen molar-refractivity contribution in [2.45, 2.75) is 61.2 Å². The SMILES string of the molecule is COc1cc(OC)c2c(c1)OC(c1ccc(OC3OC(CO)C(O)C(O)C3OC3OCC(O)(COC(=O)C=Cc4ccccc4)C3O)cc1)CC2=O. The number of benzene rings is 3. The van der Waals surface area contributed by atoms with Crippen LogP contribution in [0.3, 0.4) is 0 Å². The van der Waals surface area contributed by atoms with Gasteiger partial charge < -0.3 is 63.4 Å². The van der Waals surface area contributed by atoms with Gasteiger partial charge in [-0.05, 0) is 29.3 Å². The zero-order valence-corrected chi connectivity index (χ0v) is 28.3. The van der Waals surface area contributed by atoms with Crippen LogP contribution in [0.1, 0.15) is 34.0 Å². The predicted octanol–water partition coefficient (Wildman–Crippen LogP) is 1.32. The Bertz CT molecular complexity index is 1730. The standard InChI is InChI=1S/C37H40O15/c1-45-23-14-26(46-2)30-24(39)16-25(50-27(30)15-23)21-9-11-22(12-10-21)49-35-33(32(42)31(41)28(17-38)51-35)52-36-34(43)37(44,19-48-36)18-47-29(40)13-8-20-6-4-3-5-7-20/h3-15,25,28,31-36,38,41-44H,16-19H2,1-2H3. The maximum Gasteiger partial charge on any atom is 0.330 e. The molecule has 9 unspecified atom stereocenters. The van der Waals surface area contributed by atoms with Crippen molar-refractivity contribution in [2.24, 2.45) is 0 Å². The Morgan fingerprint density at radius 2 is 1.71 bits per heavy atom. The first-order valence-corrected chi connectivity index (χ1v) is 16.5. The van der Waals surface area contributed by atoms with E-state index in [0.29, 0.717) is 28.4 Å². The lowest BCUT2D eigenvalue weighted by atomic mass is 9.95. The molecule has 5 N–H and O–H groups in total. The molecule has 2 saturated heterocycles. The highest BCUT2D eigenvalue weighted by Crippen LogP contribution is 2.42. The average molecular weight is 725 g/mol. The second kappa shape index (κ2) is 16.0. The summed E-state index contributed by atoms with van der Waals surface area (Å²) in [5.74, 6) is 0.390. The number of ether oxygens (including phenoxy) is 8. The van der Waals surface area contributed by atoms with Crippen molar-refractivity contribution in [3.63, 3.8) is 0 Å². The Labute approximate surface area is 298 Å². The molecule has 52 heavy (non-hydrogen) atoms. The number of hydrogen-bond acceptors (Lipinski definition) is 15. The van der Waals surface area contributed by atoms with E-state index in [-0.39, 0.29) is 18.0 Å². The summed E-state index contributed by atoms with van der Waals surface area (Å²) in [6.45, 7) is -1.80. The molecule has 0 saturated carbocycles. The second-order valence-corrected chi connectivity index (χ2v) is 12.5. The summed E-state index contributed by atoms with van der Waals surface area (Å²) in [6.07, 6.45) is -8.75. The number of carbonyl (C=O) groups excluding carboxylic acids is 2. The molecule has 0 bridgehead atoms. The van der Waals surface area contributed by atoms with Crippen LogP contribution < -0.4 is 18.9 Å². The molecule has 15 heteroatoms. The largest absolute Gasteiger partial charge is 0.496 e. The second-order valence-electron chi connectivity index (χ2n) is 12.5. The number of Topliss-reactive ketones (excluding diaryl/α,β-unsaturated/α-hetero) is 1. The number of esters is 1. The molecule has 3 aliphatic rings. The predicted molar refractivity (Wildman–Crippen MR) is 179 cm³/mol. The van der Waals surface area contributed by atoms with Crippen molar-refractivity contribution < 1.29 is 73.0 Å². The molecule has 0 aliphatic carbocycles. The summed E-state index contributed by atoms with van der Waals surface area (Å²) < 4.78 is 45.0. The summed E-state index contributed by atoms with van der Waals surface area (Å²) >= 11 is 0. The van der Waals surface area contributed by atoms with Gasteiger partial charge in [0.05, 0.1) is 33.9 Å². The lowest BCUT2D eigenvalue weighted by Crippen LogP contribution is -2.62. The number of hydrogen-bond donors (Lipinski definition) is 5. The number of rotatable bonds is 12. The third-order valence-electron chi connectivity index (χ3n) is 9.02. The molecule has 6 rings (SSSR count). The molecule has 3 heterocycles. The Hall–Kier alpha value is -4.58. The van der Waals surface area contributed by atoms with Crippen LogP contribution in [0.4, 0.5) is 0 Å². The van der Waals surface area contributed by atoms with Crippen LogP contribution in [-0.4, -0.2) is 120 Å². The van der Waals surface area contributed by atoms with Crippen molar-refractivity contribution >= 4 is 17.8 Å². The van der Waals surface area contributed by atoms with Crippen molar-refractivity contribution in [1.82, 2.24) is 0 Å². The number of aliphatic hydroxyl groups excluding tert-OH is 4. The normalized spacial score (nSPS) is 30.0. The van der Waals surface area contributed by atoms with Gasteiger partial charge in [0.25, 0.3) is 0 Å². The van der Waals surface area contributed by atoms with Crippen LogP contribution in [0.25, 0.3) is 6.08 Å². The molecule has 2 fully saturated rings. The number of methoxy groups -OCH3 is 2. The third-order valence-corrected chi connectivity index (χ3v) is 9.02. The molecular formula is C37H40O15. The van der Waals surface area contributed by atoms with E-state index in [4.69, 9.17) is 37.9 Å². The summed E-state index contributed by atoms with van der Waals surface area (Å²) in [5.41, 5.74) is -0.344. The highest BCUT2D eigenvalue weighted by atomic mass is 16.8. The van der Waals surface area contributed by atoms with Crippen LogP contribution >= 0.6 is 0 Å². The van der Waals surface area contributed by atoms with E-state index >= 15 is 0 Å². The number of fused-ring (bicyclic) bond motifs is 1. The van der Waals surface area contributed by atoms with Gasteiger partial charge in [-0.3, -0.25) is 4.79 Å². The van der Waals surface area contributed by atoms with Crippen LogP contribution in [-0.2, 0) is 23.7 Å². The van der Waals surface area contributed by atoms with Gasteiger partial charge in [0.2, 0.25) is 6.29 Å². The number of carbonyl (C=O) groups is 2. The van der Waals surface area contributed by atoms with Gasteiger partial charge in [-0.1, -0.05) is 42.5 Å². The lowest BCUT2D eigenvalue weighted by Gasteiger charge is -2.42. The molecule has 0 radical (unpaired) electrons. The minimum Gasteiger partial charge on any atom is -0.496 e. The molecule has 3 aliphatic heterocycles. The molecule has 278 valence electrons. The van der Waals surface area contributed by atoms with Gasteiger partial charge in [0.15, 0.2) is 23.8 Å². The van der Waals surface area contributed by atoms with Gasteiger partial charge >= 0.3 is 5.97 Å². The van der Waals surface area contributed by atoms with E-state index in [9.17, 15) is 35.1 Å². The number of aliphatic hydroxyl groups is 5. The molecule has 0 amide bonds. The van der Waals surface area contributed by atoms with Gasteiger partial charge in [-0.25, -0.2) is 4.79 Å². The van der Waals surface area contributed by atoms with Gasteiger partial charge in [-0.15, -0.1) is 0 Å². The van der Waals surface area contributed by atoms with Crippen molar-refractivity contribution in [1.29, 1.82) is 0 Å². The highest BCUT2D eigenvalue weighted by molar-refractivity contribution is 6.02. The first-order valence-electron chi connectivity index (χ1n) is 16.5. The van der Waals surface area contributed by atoms with E-state index in [1.807, 2.05) is 6.07 Å². The maximum atomic E-state index is 13.1. The topological polar surface area (TPSA) is 209 Å². The fourth-order valence-electron chi connectivity index (χ4n) is 6.08. The van der Waals surface area contributed by atoms with E-state index in [1.165, 1.54) is 26.4 Å². The maximum absolute atomic E-state index is 13.1. The molecule has 0 spiro atoms. The summed E-state index contributed by atoms with van der Waals surface area (Å²) in [7, 11) is 2.95. The number of ketones is 1. The van der Waals surface area contributed by atoms with Crippen LogP contribution in [0.15, 0.2) is 72.8 Å². The zero-order valence-electron chi connectivity index (χ0n) is 28.3. The molecule has 9 atom stereocenters. The van der Waals surface area contributed by atoms with Crippen LogP contribution in [0.2, 0.25) is 0 Å². The fraction of sp³-hybridized carbons (Fsp3) is 0.405. The minimum atomic E-state index is -2.07. The smallest absolute Gasteiger partial charge is 0.330 e. The van der Waals surface area contributed by atoms with Gasteiger partial charge in [-0.2, -0.15) is 0 Å². The summed E-state index contributed by atoms with van der Waals surface area (Å²) in [4.78, 5) is 25.4. The van der Waals surface area contributed by atoms with Gasteiger partial charge in [0.1, 0.15) is 65.7 Å². The Morgan fingerprint density at radius 1 is 0.962 bits per heavy atom. The van der Waals surface area contributed by atoms with Gasteiger partial charge in [0, 0.05) is 18.2 Å². The summed E-state index contributed by atoms with van der Waals surface area (Å²) in [6, 6.07) is 18.7. The Balaban J connectivity index is 1.11. The third kappa shape index (κ3) is 7.91. The van der Waals surface area contributed by atoms with Crippen LogP contribution in [0.5, 0.6) is 23.0 Å². The monoisotopic (exact) mass is 724 g/mol. The van der Waals surface area contributed by atoms with E-state index in [1.54, 1.807) is 60.7 Å². The summed E-state index contributed by atoms with van der Waals surface area (Å²) in [5, 5.41) is 53.4. The van der Waals surface area contributed by atoms with E-state index < -0.39 is 80.6 Å². The first-order chi connectivity index (χ1) is 25.0. The van der Waals surface area contributed by atoms with Crippen LogP contribution in [0, 0.1) is 0 Å². The van der Waals surface area contributed by atoms with Crippen molar-refractivity contribution in [3.05, 3.63) is 89.5 Å². The molecular weight excluding hydrogens is 684 g/mol. The fourth-order valence-corrected chi connectivity index (χ4v) is 6.08. The molecule has 0 aromatic heterocycles. The molecule has 3 aromatic rings. The molecule has 15 nitrogen and oxygen atoms in total.